The van der Waals surface area contributed by atoms with E-state index in [1.165, 1.54) is 0 Å². The fraction of sp³-hybridized carbons (Fsp3) is 0.857. The molecule has 2 heteroatoms. The van der Waals surface area contributed by atoms with Gasteiger partial charge >= 0.3 is 0 Å². The Morgan fingerprint density at radius 1 is 1.44 bits per heavy atom. The van der Waals surface area contributed by atoms with Crippen LogP contribution in [0, 0.1) is 0 Å². The summed E-state index contributed by atoms with van der Waals surface area (Å²) in [6.07, 6.45) is 0. The Kier molecular flexibility index (Phi) is 2.68. The molecular weight excluding hydrogens is 112 g/mol. The van der Waals surface area contributed by atoms with Gasteiger partial charge in [0.25, 0.3) is 0 Å². The molecule has 0 saturated carbocycles. The Hall–Kier alpha value is -0.530. The van der Waals surface area contributed by atoms with Crippen molar-refractivity contribution < 1.29 is 0 Å². The summed E-state index contributed by atoms with van der Waals surface area (Å²) in [4.78, 5) is 0. The quantitative estimate of drug-likeness (QED) is 0.408. The first-order valence-corrected chi connectivity index (χ1v) is 3.26. The van der Waals surface area contributed by atoms with E-state index in [9.17, 15) is 0 Å². The maximum absolute atomic E-state index is 3.86. The summed E-state index contributed by atoms with van der Waals surface area (Å²) in [5, 5.41) is 5.81. The monoisotopic (exact) mass is 128 g/mol. The first-order valence-electron chi connectivity index (χ1n) is 3.26. The lowest BCUT2D eigenvalue weighted by molar-refractivity contribution is 0.153. The summed E-state index contributed by atoms with van der Waals surface area (Å²) in [6, 6.07) is 0. The molecule has 0 spiro atoms. The van der Waals surface area contributed by atoms with Crippen molar-refractivity contribution in [2.75, 3.05) is 6.54 Å². The Morgan fingerprint density at radius 2 is 1.89 bits per heavy atom. The fourth-order valence-electron chi connectivity index (χ4n) is 0.786. The van der Waals surface area contributed by atoms with E-state index in [2.05, 4.69) is 39.5 Å². The van der Waals surface area contributed by atoms with Crippen molar-refractivity contribution in [3.8, 4) is 0 Å². The van der Waals surface area contributed by atoms with Gasteiger partial charge in [-0.15, -0.1) is 0 Å². The van der Waals surface area contributed by atoms with Gasteiger partial charge in [0.15, 0.2) is 0 Å². The summed E-state index contributed by atoms with van der Waals surface area (Å²) in [5.74, 6) is 0. The lowest BCUT2D eigenvalue weighted by Gasteiger charge is -2.31. The lowest BCUT2D eigenvalue weighted by atomic mass is 10.1. The van der Waals surface area contributed by atoms with Crippen LogP contribution in [0.4, 0.5) is 0 Å². The van der Waals surface area contributed by atoms with Crippen LogP contribution in [0.5, 0.6) is 0 Å². The summed E-state index contributed by atoms with van der Waals surface area (Å²) in [5.41, 5.74) is 0.122. The van der Waals surface area contributed by atoms with Crippen molar-refractivity contribution >= 4 is 6.72 Å². The number of hydrazone groups is 1. The van der Waals surface area contributed by atoms with Crippen LogP contribution in [0.1, 0.15) is 27.7 Å². The molecule has 0 aliphatic heterocycles. The third kappa shape index (κ3) is 2.49. The van der Waals surface area contributed by atoms with Crippen molar-refractivity contribution in [3.05, 3.63) is 0 Å². The molecule has 54 valence electrons. The van der Waals surface area contributed by atoms with Crippen LogP contribution in [-0.2, 0) is 0 Å². The topological polar surface area (TPSA) is 15.6 Å². The van der Waals surface area contributed by atoms with E-state index in [0.29, 0.717) is 0 Å². The summed E-state index contributed by atoms with van der Waals surface area (Å²) >= 11 is 0. The predicted molar refractivity (Wildman–Crippen MR) is 41.7 cm³/mol. The number of hydrogen-bond acceptors (Lipinski definition) is 2. The smallest absolute Gasteiger partial charge is 0.0494 e. The van der Waals surface area contributed by atoms with Gasteiger partial charge < -0.3 is 0 Å². The maximum atomic E-state index is 3.86. The van der Waals surface area contributed by atoms with Crippen LogP contribution >= 0.6 is 0 Å². The molecule has 9 heavy (non-hydrogen) atoms. The van der Waals surface area contributed by atoms with Gasteiger partial charge in [0.2, 0.25) is 0 Å². The average molecular weight is 128 g/mol. The van der Waals surface area contributed by atoms with Crippen molar-refractivity contribution in [2.24, 2.45) is 5.10 Å². The third-order valence-corrected chi connectivity index (χ3v) is 1.24. The molecule has 0 aromatic carbocycles. The second-order valence-electron chi connectivity index (χ2n) is 3.03. The minimum atomic E-state index is 0.122. The van der Waals surface area contributed by atoms with Gasteiger partial charge in [-0.05, 0) is 27.7 Å². The molecule has 0 N–H and O–H groups in total. The molecule has 0 heterocycles. The van der Waals surface area contributed by atoms with Gasteiger partial charge in [-0.1, -0.05) is 0 Å². The van der Waals surface area contributed by atoms with Gasteiger partial charge in [-0.3, -0.25) is 5.01 Å². The highest BCUT2D eigenvalue weighted by molar-refractivity contribution is 5.22. The molecule has 0 atom stereocenters. The zero-order valence-corrected chi connectivity index (χ0v) is 6.81. The third-order valence-electron chi connectivity index (χ3n) is 1.24. The minimum Gasteiger partial charge on any atom is -0.293 e. The summed E-state index contributed by atoms with van der Waals surface area (Å²) in [6.45, 7) is 12.8. The Morgan fingerprint density at radius 3 is 1.89 bits per heavy atom. The Bertz CT molecular complexity index is 91.6. The minimum absolute atomic E-state index is 0.122. The van der Waals surface area contributed by atoms with Crippen LogP contribution in [0.2, 0.25) is 0 Å². The summed E-state index contributed by atoms with van der Waals surface area (Å²) < 4.78 is 0. The zero-order valence-electron chi connectivity index (χ0n) is 6.81. The molecule has 0 radical (unpaired) electrons. The molecule has 0 aliphatic rings. The standard InChI is InChI=1S/C7H16N2/c1-6-9(8-5)7(2,3)4/h5-6H2,1-4H3. The van der Waals surface area contributed by atoms with E-state index < -0.39 is 0 Å². The molecule has 0 rings (SSSR count). The van der Waals surface area contributed by atoms with Crippen LogP contribution in [0.3, 0.4) is 0 Å². The van der Waals surface area contributed by atoms with Gasteiger partial charge in [0, 0.05) is 18.8 Å². The van der Waals surface area contributed by atoms with Gasteiger partial charge in [0.1, 0.15) is 0 Å². The molecule has 0 saturated heterocycles. The largest absolute Gasteiger partial charge is 0.293 e. The lowest BCUT2D eigenvalue weighted by Crippen LogP contribution is -2.36. The van der Waals surface area contributed by atoms with E-state index >= 15 is 0 Å². The maximum Gasteiger partial charge on any atom is 0.0494 e. The number of hydrogen-bond donors (Lipinski definition) is 0. The molecule has 0 unspecified atom stereocenters. The molecule has 0 amide bonds. The second-order valence-corrected chi connectivity index (χ2v) is 3.03. The van der Waals surface area contributed by atoms with E-state index in [1.54, 1.807) is 0 Å². The first-order chi connectivity index (χ1) is 4.02. The molecule has 0 aromatic heterocycles. The van der Waals surface area contributed by atoms with Gasteiger partial charge in [-0.2, -0.15) is 5.10 Å². The molecular formula is C7H16N2. The normalized spacial score (nSPS) is 11.1. The van der Waals surface area contributed by atoms with E-state index in [4.69, 9.17) is 0 Å². The van der Waals surface area contributed by atoms with E-state index in [-0.39, 0.29) is 5.54 Å². The highest BCUT2D eigenvalue weighted by atomic mass is 15.5. The van der Waals surface area contributed by atoms with Gasteiger partial charge in [-0.25, -0.2) is 0 Å². The zero-order chi connectivity index (χ0) is 7.49. The second kappa shape index (κ2) is 2.85. The molecule has 0 aromatic rings. The first kappa shape index (κ1) is 8.47. The number of nitrogens with zero attached hydrogens (tertiary/aromatic N) is 2. The molecule has 2 nitrogen and oxygen atoms in total. The molecule has 0 bridgehead atoms. The molecule has 0 aliphatic carbocycles. The van der Waals surface area contributed by atoms with Gasteiger partial charge in [0.05, 0.1) is 0 Å². The Labute approximate surface area is 57.6 Å². The van der Waals surface area contributed by atoms with Crippen molar-refractivity contribution in [2.45, 2.75) is 33.2 Å². The van der Waals surface area contributed by atoms with Crippen LogP contribution in [0.15, 0.2) is 5.10 Å². The van der Waals surface area contributed by atoms with Crippen LogP contribution in [-0.4, -0.2) is 23.8 Å². The van der Waals surface area contributed by atoms with Crippen LogP contribution in [0.25, 0.3) is 0 Å². The Balaban J connectivity index is 3.94. The summed E-state index contributed by atoms with van der Waals surface area (Å²) in [7, 11) is 0. The van der Waals surface area contributed by atoms with Crippen molar-refractivity contribution in [3.63, 3.8) is 0 Å². The average Bonchev–Trinajstić information content (AvgIpc) is 1.65. The van der Waals surface area contributed by atoms with Crippen molar-refractivity contribution in [1.82, 2.24) is 5.01 Å². The van der Waals surface area contributed by atoms with E-state index in [1.807, 2.05) is 5.01 Å². The predicted octanol–water partition coefficient (Wildman–Crippen LogP) is 1.72. The SMILES string of the molecule is C=NN(CC)C(C)(C)C. The highest BCUT2D eigenvalue weighted by Gasteiger charge is 2.15. The number of rotatable bonds is 2. The van der Waals surface area contributed by atoms with Crippen LogP contribution < -0.4 is 0 Å². The highest BCUT2D eigenvalue weighted by Crippen LogP contribution is 2.11. The van der Waals surface area contributed by atoms with E-state index in [0.717, 1.165) is 6.54 Å². The fourth-order valence-corrected chi connectivity index (χ4v) is 0.786. The molecule has 0 fully saturated rings. The van der Waals surface area contributed by atoms with Crippen molar-refractivity contribution in [1.29, 1.82) is 0 Å².